The lowest BCUT2D eigenvalue weighted by molar-refractivity contribution is -0.142. The summed E-state index contributed by atoms with van der Waals surface area (Å²) < 4.78 is 10.9. The number of aliphatic carboxylic acids is 1. The van der Waals surface area contributed by atoms with Gasteiger partial charge in [-0.25, -0.2) is 9.59 Å². The van der Waals surface area contributed by atoms with Gasteiger partial charge in [0, 0.05) is 32.5 Å². The second-order valence-corrected chi connectivity index (χ2v) is 9.10. The number of aliphatic hydroxyl groups is 1. The first-order chi connectivity index (χ1) is 16.7. The molecule has 1 aliphatic carbocycles. The van der Waals surface area contributed by atoms with Crippen molar-refractivity contribution >= 4 is 18.0 Å². The van der Waals surface area contributed by atoms with Gasteiger partial charge in [0.15, 0.2) is 0 Å². The average molecular weight is 485 g/mol. The number of methoxy groups -OCH3 is 1. The average Bonchev–Trinajstić information content (AvgIpc) is 3.15. The molecule has 0 fully saturated rings. The number of fused-ring (bicyclic) bond motifs is 3. The van der Waals surface area contributed by atoms with Gasteiger partial charge in [-0.1, -0.05) is 48.5 Å². The molecule has 9 heteroatoms. The highest BCUT2D eigenvalue weighted by Gasteiger charge is 2.33. The number of benzene rings is 2. The maximum atomic E-state index is 12.9. The van der Waals surface area contributed by atoms with Gasteiger partial charge >= 0.3 is 12.1 Å². The van der Waals surface area contributed by atoms with E-state index in [2.05, 4.69) is 10.6 Å². The SMILES string of the molecule is COC(C)(C)CC(NC(=O)OCC1c2ccccc2-c2ccccc21)C(=O)N[C@@H](CCO)C(=O)O. The second-order valence-electron chi connectivity index (χ2n) is 9.10. The number of ether oxygens (including phenoxy) is 2. The lowest BCUT2D eigenvalue weighted by Gasteiger charge is -2.29. The summed E-state index contributed by atoms with van der Waals surface area (Å²) in [6.07, 6.45) is -0.884. The van der Waals surface area contributed by atoms with Crippen molar-refractivity contribution in [1.82, 2.24) is 10.6 Å². The molecule has 0 saturated carbocycles. The largest absolute Gasteiger partial charge is 0.480 e. The summed E-state index contributed by atoms with van der Waals surface area (Å²) in [5, 5.41) is 23.3. The van der Waals surface area contributed by atoms with Crippen molar-refractivity contribution in [3.8, 4) is 11.1 Å². The molecule has 2 amide bonds. The van der Waals surface area contributed by atoms with E-state index in [-0.39, 0.29) is 25.4 Å². The van der Waals surface area contributed by atoms with Crippen LogP contribution >= 0.6 is 0 Å². The van der Waals surface area contributed by atoms with Crippen molar-refractivity contribution in [3.63, 3.8) is 0 Å². The zero-order valence-electron chi connectivity index (χ0n) is 20.1. The highest BCUT2D eigenvalue weighted by molar-refractivity contribution is 5.89. The maximum Gasteiger partial charge on any atom is 0.407 e. The van der Waals surface area contributed by atoms with Gasteiger partial charge in [0.1, 0.15) is 18.7 Å². The molecule has 3 rings (SSSR count). The van der Waals surface area contributed by atoms with E-state index in [1.54, 1.807) is 13.8 Å². The molecule has 4 N–H and O–H groups in total. The van der Waals surface area contributed by atoms with Crippen LogP contribution in [0.5, 0.6) is 0 Å². The zero-order valence-corrected chi connectivity index (χ0v) is 20.1. The zero-order chi connectivity index (χ0) is 25.6. The van der Waals surface area contributed by atoms with Gasteiger partial charge in [-0.05, 0) is 36.1 Å². The Labute approximate surface area is 204 Å². The van der Waals surface area contributed by atoms with Crippen molar-refractivity contribution in [2.24, 2.45) is 0 Å². The number of hydrogen-bond donors (Lipinski definition) is 4. The van der Waals surface area contributed by atoms with Gasteiger partial charge in [-0.3, -0.25) is 4.79 Å². The minimum absolute atomic E-state index is 0.0735. The molecule has 0 radical (unpaired) electrons. The Bertz CT molecular complexity index is 1020. The third-order valence-electron chi connectivity index (χ3n) is 6.23. The number of carboxylic acids is 1. The third kappa shape index (κ3) is 6.37. The number of hydrogen-bond acceptors (Lipinski definition) is 6. The van der Waals surface area contributed by atoms with E-state index in [0.717, 1.165) is 22.3 Å². The molecular weight excluding hydrogens is 452 g/mol. The number of alkyl carbamates (subject to hydrolysis) is 1. The Morgan fingerprint density at radius 2 is 1.54 bits per heavy atom. The minimum atomic E-state index is -1.29. The van der Waals surface area contributed by atoms with Gasteiger partial charge in [-0.2, -0.15) is 0 Å². The lowest BCUT2D eigenvalue weighted by atomic mass is 9.97. The van der Waals surface area contributed by atoms with Crippen LogP contribution in [0.4, 0.5) is 4.79 Å². The van der Waals surface area contributed by atoms with E-state index in [1.165, 1.54) is 7.11 Å². The normalized spacial score (nSPS) is 14.4. The fraction of sp³-hybridized carbons (Fsp3) is 0.423. The molecule has 1 aliphatic rings. The van der Waals surface area contributed by atoms with Crippen LogP contribution in [0, 0.1) is 0 Å². The van der Waals surface area contributed by atoms with Crippen LogP contribution in [-0.2, 0) is 19.1 Å². The van der Waals surface area contributed by atoms with Gasteiger partial charge in [0.2, 0.25) is 5.91 Å². The quantitative estimate of drug-likeness (QED) is 0.385. The number of carbonyl (C=O) groups excluding carboxylic acids is 2. The summed E-state index contributed by atoms with van der Waals surface area (Å²) in [5.41, 5.74) is 3.53. The summed E-state index contributed by atoms with van der Waals surface area (Å²) in [7, 11) is 1.48. The van der Waals surface area contributed by atoms with E-state index in [4.69, 9.17) is 14.6 Å². The predicted octanol–water partition coefficient (Wildman–Crippen LogP) is 2.66. The number of rotatable bonds is 11. The first-order valence-corrected chi connectivity index (χ1v) is 11.5. The number of carboxylic acid groups (broad SMARTS) is 1. The van der Waals surface area contributed by atoms with E-state index in [1.807, 2.05) is 48.5 Å². The highest BCUT2D eigenvalue weighted by atomic mass is 16.5. The lowest BCUT2D eigenvalue weighted by Crippen LogP contribution is -2.54. The fourth-order valence-electron chi connectivity index (χ4n) is 4.23. The molecule has 0 saturated heterocycles. The van der Waals surface area contributed by atoms with E-state index < -0.39 is 42.3 Å². The summed E-state index contributed by atoms with van der Waals surface area (Å²) in [5.74, 6) is -2.13. The number of amides is 2. The molecule has 1 unspecified atom stereocenters. The molecule has 188 valence electrons. The molecule has 2 aromatic carbocycles. The van der Waals surface area contributed by atoms with Gasteiger partial charge in [0.25, 0.3) is 0 Å². The Balaban J connectivity index is 1.71. The Morgan fingerprint density at radius 3 is 2.06 bits per heavy atom. The molecule has 0 aliphatic heterocycles. The minimum Gasteiger partial charge on any atom is -0.480 e. The molecule has 2 atom stereocenters. The van der Waals surface area contributed by atoms with Crippen molar-refractivity contribution < 1.29 is 34.1 Å². The topological polar surface area (TPSA) is 134 Å². The fourth-order valence-corrected chi connectivity index (χ4v) is 4.23. The van der Waals surface area contributed by atoms with Crippen molar-refractivity contribution in [2.75, 3.05) is 20.3 Å². The molecule has 0 aromatic heterocycles. The highest BCUT2D eigenvalue weighted by Crippen LogP contribution is 2.44. The smallest absolute Gasteiger partial charge is 0.407 e. The van der Waals surface area contributed by atoms with Crippen molar-refractivity contribution in [1.29, 1.82) is 0 Å². The van der Waals surface area contributed by atoms with Crippen LogP contribution in [0.25, 0.3) is 11.1 Å². The number of nitrogens with one attached hydrogen (secondary N) is 2. The van der Waals surface area contributed by atoms with Gasteiger partial charge in [-0.15, -0.1) is 0 Å². The monoisotopic (exact) mass is 484 g/mol. The maximum absolute atomic E-state index is 12.9. The first-order valence-electron chi connectivity index (χ1n) is 11.5. The van der Waals surface area contributed by atoms with Crippen LogP contribution in [0.15, 0.2) is 48.5 Å². The Hall–Kier alpha value is -3.43. The molecule has 0 spiro atoms. The van der Waals surface area contributed by atoms with Gasteiger partial charge in [0.05, 0.1) is 5.60 Å². The predicted molar refractivity (Wildman–Crippen MR) is 129 cm³/mol. The third-order valence-corrected chi connectivity index (χ3v) is 6.23. The number of aliphatic hydroxyl groups excluding tert-OH is 1. The molecule has 0 bridgehead atoms. The molecule has 0 heterocycles. The Kier molecular flexibility index (Phi) is 8.48. The molecule has 2 aromatic rings. The molecular formula is C26H32N2O7. The standard InChI is InChI=1S/C26H32N2O7/c1-26(2,34-3)14-22(23(30)27-21(12-13-29)24(31)32)28-25(33)35-15-20-18-10-6-4-8-16(18)17-9-5-7-11-19(17)20/h4-11,20-22,29H,12-15H2,1-3H3,(H,27,30)(H,28,33)(H,31,32)/t21-,22?/m0/s1. The molecule has 9 nitrogen and oxygen atoms in total. The van der Waals surface area contributed by atoms with Crippen molar-refractivity contribution in [2.45, 2.75) is 50.3 Å². The van der Waals surface area contributed by atoms with Crippen LogP contribution in [0.3, 0.4) is 0 Å². The van der Waals surface area contributed by atoms with Crippen LogP contribution < -0.4 is 10.6 Å². The van der Waals surface area contributed by atoms with Crippen LogP contribution in [0.2, 0.25) is 0 Å². The van der Waals surface area contributed by atoms with E-state index in [0.29, 0.717) is 0 Å². The van der Waals surface area contributed by atoms with E-state index >= 15 is 0 Å². The van der Waals surface area contributed by atoms with E-state index in [9.17, 15) is 19.5 Å². The van der Waals surface area contributed by atoms with Gasteiger partial charge < -0.3 is 30.3 Å². The Morgan fingerprint density at radius 1 is 0.971 bits per heavy atom. The first kappa shape index (κ1) is 26.2. The second kappa shape index (κ2) is 11.3. The summed E-state index contributed by atoms with van der Waals surface area (Å²) in [4.78, 5) is 37.0. The molecule has 35 heavy (non-hydrogen) atoms. The summed E-state index contributed by atoms with van der Waals surface area (Å²) in [6.45, 7) is 3.15. The van der Waals surface area contributed by atoms with Crippen LogP contribution in [-0.4, -0.2) is 66.2 Å². The number of carbonyl (C=O) groups is 3. The summed E-state index contributed by atoms with van der Waals surface area (Å²) >= 11 is 0. The summed E-state index contributed by atoms with van der Waals surface area (Å²) in [6, 6.07) is 13.5. The van der Waals surface area contributed by atoms with Crippen LogP contribution in [0.1, 0.15) is 43.7 Å². The van der Waals surface area contributed by atoms with Crippen molar-refractivity contribution in [3.05, 3.63) is 59.7 Å².